The van der Waals surface area contributed by atoms with E-state index in [2.05, 4.69) is 29.5 Å². The lowest BCUT2D eigenvalue weighted by atomic mass is 10.1. The lowest BCUT2D eigenvalue weighted by Gasteiger charge is -2.20. The fraction of sp³-hybridized carbons (Fsp3) is 0.375. The van der Waals surface area contributed by atoms with Gasteiger partial charge in [0.05, 0.1) is 6.54 Å². The molecule has 4 nitrogen and oxygen atoms in total. The Hall–Kier alpha value is -2.10. The van der Waals surface area contributed by atoms with Gasteiger partial charge in [-0.05, 0) is 39.3 Å². The summed E-state index contributed by atoms with van der Waals surface area (Å²) in [6.07, 6.45) is 1.66. The maximum atomic E-state index is 12.2. The van der Waals surface area contributed by atoms with Crippen molar-refractivity contribution in [3.63, 3.8) is 0 Å². The van der Waals surface area contributed by atoms with Gasteiger partial charge in [-0.2, -0.15) is 5.10 Å². The van der Waals surface area contributed by atoms with Crippen LogP contribution in [0.5, 0.6) is 0 Å². The second kappa shape index (κ2) is 5.49. The van der Waals surface area contributed by atoms with Gasteiger partial charge >= 0.3 is 0 Å². The second-order valence-electron chi connectivity index (χ2n) is 6.07. The minimum atomic E-state index is -0.254. The highest BCUT2D eigenvalue weighted by molar-refractivity contribution is 5.92. The van der Waals surface area contributed by atoms with Crippen LogP contribution in [0.3, 0.4) is 0 Å². The zero-order valence-corrected chi connectivity index (χ0v) is 12.5. The summed E-state index contributed by atoms with van der Waals surface area (Å²) in [5.74, 6) is -0.0948. The van der Waals surface area contributed by atoms with Gasteiger partial charge in [-0.3, -0.25) is 9.48 Å². The summed E-state index contributed by atoms with van der Waals surface area (Å²) in [4.78, 5) is 12.2. The number of carbonyl (C=O) groups is 1. The molecule has 0 radical (unpaired) electrons. The quantitative estimate of drug-likeness (QED) is 0.933. The molecule has 0 aliphatic rings. The molecule has 106 valence electrons. The highest BCUT2D eigenvalue weighted by Gasteiger charge is 2.18. The molecule has 0 bridgehead atoms. The summed E-state index contributed by atoms with van der Waals surface area (Å²) in [5, 5.41) is 7.21. The van der Waals surface area contributed by atoms with Crippen molar-refractivity contribution in [3.05, 3.63) is 53.3 Å². The van der Waals surface area contributed by atoms with Crippen molar-refractivity contribution in [1.82, 2.24) is 15.1 Å². The van der Waals surface area contributed by atoms with E-state index in [1.54, 1.807) is 16.9 Å². The normalized spacial score (nSPS) is 11.4. The Kier molecular flexibility index (Phi) is 3.93. The predicted molar refractivity (Wildman–Crippen MR) is 79.7 cm³/mol. The van der Waals surface area contributed by atoms with Gasteiger partial charge in [0.2, 0.25) is 0 Å². The third kappa shape index (κ3) is 3.70. The van der Waals surface area contributed by atoms with Crippen molar-refractivity contribution >= 4 is 5.91 Å². The molecule has 1 aromatic carbocycles. The van der Waals surface area contributed by atoms with Crippen molar-refractivity contribution in [2.75, 3.05) is 0 Å². The van der Waals surface area contributed by atoms with E-state index in [4.69, 9.17) is 0 Å². The van der Waals surface area contributed by atoms with Crippen LogP contribution in [0, 0.1) is 6.92 Å². The number of amides is 1. The number of nitrogens with zero attached hydrogens (tertiary/aromatic N) is 2. The summed E-state index contributed by atoms with van der Waals surface area (Å²) in [5.41, 5.74) is 2.67. The average molecular weight is 271 g/mol. The molecule has 1 aromatic heterocycles. The van der Waals surface area contributed by atoms with E-state index in [0.717, 1.165) is 5.56 Å². The van der Waals surface area contributed by atoms with Gasteiger partial charge in [-0.25, -0.2) is 0 Å². The molecule has 1 amide bonds. The topological polar surface area (TPSA) is 46.9 Å². The van der Waals surface area contributed by atoms with Crippen LogP contribution in [0.1, 0.15) is 42.4 Å². The van der Waals surface area contributed by atoms with Crippen LogP contribution in [0.4, 0.5) is 0 Å². The van der Waals surface area contributed by atoms with Gasteiger partial charge in [0.15, 0.2) is 0 Å². The minimum absolute atomic E-state index is 0.0948. The molecule has 2 rings (SSSR count). The number of aryl methyl sites for hydroxylation is 1. The van der Waals surface area contributed by atoms with Crippen LogP contribution in [-0.4, -0.2) is 21.2 Å². The standard InChI is InChI=1S/C16H21N3O/c1-12-6-5-7-13(10-12)11-19-14(8-9-17-19)15(20)18-16(2,3)4/h5-10H,11H2,1-4H3,(H,18,20). The van der Waals surface area contributed by atoms with E-state index in [1.165, 1.54) is 5.56 Å². The highest BCUT2D eigenvalue weighted by Crippen LogP contribution is 2.09. The molecule has 2 aromatic rings. The Labute approximate surface area is 119 Å². The SMILES string of the molecule is Cc1cccc(Cn2nccc2C(=O)NC(C)(C)C)c1. The van der Waals surface area contributed by atoms with E-state index in [9.17, 15) is 4.79 Å². The molecule has 0 unspecified atom stereocenters. The Bertz CT molecular complexity index is 608. The van der Waals surface area contributed by atoms with E-state index in [-0.39, 0.29) is 11.4 Å². The summed E-state index contributed by atoms with van der Waals surface area (Å²) in [7, 11) is 0. The first-order valence-electron chi connectivity index (χ1n) is 6.75. The molecule has 0 spiro atoms. The smallest absolute Gasteiger partial charge is 0.269 e. The molecule has 0 saturated carbocycles. The second-order valence-corrected chi connectivity index (χ2v) is 6.07. The molecule has 0 saturated heterocycles. The fourth-order valence-corrected chi connectivity index (χ4v) is 2.04. The van der Waals surface area contributed by atoms with Crippen LogP contribution >= 0.6 is 0 Å². The Morgan fingerprint density at radius 2 is 2.05 bits per heavy atom. The van der Waals surface area contributed by atoms with Crippen molar-refractivity contribution < 1.29 is 4.79 Å². The van der Waals surface area contributed by atoms with Gasteiger partial charge in [-0.15, -0.1) is 0 Å². The van der Waals surface area contributed by atoms with Crippen LogP contribution in [0.25, 0.3) is 0 Å². The molecular formula is C16H21N3O. The lowest BCUT2D eigenvalue weighted by molar-refractivity contribution is 0.0909. The highest BCUT2D eigenvalue weighted by atomic mass is 16.2. The van der Waals surface area contributed by atoms with E-state index in [1.807, 2.05) is 32.9 Å². The molecule has 0 atom stereocenters. The van der Waals surface area contributed by atoms with Crippen molar-refractivity contribution in [1.29, 1.82) is 0 Å². The number of rotatable bonds is 3. The van der Waals surface area contributed by atoms with Gasteiger partial charge < -0.3 is 5.32 Å². The van der Waals surface area contributed by atoms with Gasteiger partial charge in [0.1, 0.15) is 5.69 Å². The van der Waals surface area contributed by atoms with Crippen LogP contribution < -0.4 is 5.32 Å². The number of hydrogen-bond acceptors (Lipinski definition) is 2. The fourth-order valence-electron chi connectivity index (χ4n) is 2.04. The Balaban J connectivity index is 2.19. The molecule has 1 heterocycles. The van der Waals surface area contributed by atoms with Crippen molar-refractivity contribution in [2.24, 2.45) is 0 Å². The van der Waals surface area contributed by atoms with E-state index >= 15 is 0 Å². The van der Waals surface area contributed by atoms with Crippen LogP contribution in [0.2, 0.25) is 0 Å². The number of nitrogens with one attached hydrogen (secondary N) is 1. The molecular weight excluding hydrogens is 250 g/mol. The van der Waals surface area contributed by atoms with Crippen molar-refractivity contribution in [3.8, 4) is 0 Å². The summed E-state index contributed by atoms with van der Waals surface area (Å²) >= 11 is 0. The first-order chi connectivity index (χ1) is 9.35. The maximum absolute atomic E-state index is 12.2. The zero-order valence-electron chi connectivity index (χ0n) is 12.5. The molecule has 0 aliphatic heterocycles. The molecule has 1 N–H and O–H groups in total. The first kappa shape index (κ1) is 14.3. The zero-order chi connectivity index (χ0) is 14.8. The van der Waals surface area contributed by atoms with Gasteiger partial charge in [-0.1, -0.05) is 29.8 Å². The van der Waals surface area contributed by atoms with E-state index in [0.29, 0.717) is 12.2 Å². The van der Waals surface area contributed by atoms with Gasteiger partial charge in [0.25, 0.3) is 5.91 Å². The molecule has 4 heteroatoms. The Morgan fingerprint density at radius 1 is 1.30 bits per heavy atom. The van der Waals surface area contributed by atoms with E-state index < -0.39 is 0 Å². The monoisotopic (exact) mass is 271 g/mol. The lowest BCUT2D eigenvalue weighted by Crippen LogP contribution is -2.41. The number of benzene rings is 1. The Morgan fingerprint density at radius 3 is 2.70 bits per heavy atom. The molecule has 20 heavy (non-hydrogen) atoms. The maximum Gasteiger partial charge on any atom is 0.269 e. The average Bonchev–Trinajstić information content (AvgIpc) is 2.75. The summed E-state index contributed by atoms with van der Waals surface area (Å²) in [6, 6.07) is 9.97. The largest absolute Gasteiger partial charge is 0.346 e. The number of aromatic nitrogens is 2. The number of hydrogen-bond donors (Lipinski definition) is 1. The summed E-state index contributed by atoms with van der Waals surface area (Å²) in [6.45, 7) is 8.55. The molecule has 0 fully saturated rings. The molecule has 0 aliphatic carbocycles. The summed E-state index contributed by atoms with van der Waals surface area (Å²) < 4.78 is 1.73. The third-order valence-corrected chi connectivity index (χ3v) is 2.85. The van der Waals surface area contributed by atoms with Crippen LogP contribution in [-0.2, 0) is 6.54 Å². The first-order valence-corrected chi connectivity index (χ1v) is 6.75. The number of carbonyl (C=O) groups excluding carboxylic acids is 1. The van der Waals surface area contributed by atoms with Gasteiger partial charge in [0, 0.05) is 11.7 Å². The predicted octanol–water partition coefficient (Wildman–Crippen LogP) is 2.77. The van der Waals surface area contributed by atoms with Crippen LogP contribution in [0.15, 0.2) is 36.5 Å². The van der Waals surface area contributed by atoms with Crippen molar-refractivity contribution in [2.45, 2.75) is 39.8 Å². The third-order valence-electron chi connectivity index (χ3n) is 2.85. The minimum Gasteiger partial charge on any atom is -0.346 e.